The molecule has 0 spiro atoms. The molecule has 1 saturated heterocycles. The van der Waals surface area contributed by atoms with Crippen molar-refractivity contribution >= 4 is 11.7 Å². The molecule has 0 aromatic carbocycles. The first-order valence-corrected chi connectivity index (χ1v) is 8.12. The zero-order valence-electron chi connectivity index (χ0n) is 13.6. The predicted molar refractivity (Wildman–Crippen MR) is 90.2 cm³/mol. The zero-order chi connectivity index (χ0) is 17.1. The Morgan fingerprint density at radius 3 is 2.36 bits per heavy atom. The Kier molecular flexibility index (Phi) is 4.11. The Hall–Kier alpha value is -3.23. The van der Waals surface area contributed by atoms with Gasteiger partial charge in [0.05, 0.1) is 0 Å². The van der Waals surface area contributed by atoms with Gasteiger partial charge in [0, 0.05) is 38.6 Å². The molecule has 4 heterocycles. The van der Waals surface area contributed by atoms with Crippen LogP contribution in [0.4, 0.5) is 5.82 Å². The van der Waals surface area contributed by atoms with Crippen molar-refractivity contribution < 1.29 is 4.79 Å². The van der Waals surface area contributed by atoms with Gasteiger partial charge in [-0.05, 0) is 24.3 Å². The highest BCUT2D eigenvalue weighted by molar-refractivity contribution is 5.76. The second-order valence-electron chi connectivity index (χ2n) is 5.81. The van der Waals surface area contributed by atoms with E-state index in [-0.39, 0.29) is 5.91 Å². The molecule has 0 saturated carbocycles. The molecule has 25 heavy (non-hydrogen) atoms. The Morgan fingerprint density at radius 2 is 1.72 bits per heavy atom. The topological polar surface area (TPSA) is 85.0 Å². The van der Waals surface area contributed by atoms with Gasteiger partial charge in [0.25, 0.3) is 0 Å². The second-order valence-corrected chi connectivity index (χ2v) is 5.81. The number of aromatic nitrogens is 6. The number of nitrogens with zero attached hydrogens (tertiary/aromatic N) is 8. The third-order valence-corrected chi connectivity index (χ3v) is 4.23. The Labute approximate surface area is 144 Å². The minimum Gasteiger partial charge on any atom is -0.352 e. The molecule has 0 unspecified atom stereocenters. The summed E-state index contributed by atoms with van der Waals surface area (Å²) in [6, 6.07) is 7.63. The van der Waals surface area contributed by atoms with Crippen molar-refractivity contribution in [3.63, 3.8) is 0 Å². The SMILES string of the molecule is O=C(Cn1cccc1)N1CCN(c2ccc(-n3cncn3)nn2)CC1. The van der Waals surface area contributed by atoms with E-state index in [1.165, 1.54) is 6.33 Å². The molecule has 4 rings (SSSR count). The van der Waals surface area contributed by atoms with Gasteiger partial charge < -0.3 is 14.4 Å². The lowest BCUT2D eigenvalue weighted by molar-refractivity contribution is -0.132. The van der Waals surface area contributed by atoms with Crippen LogP contribution in [-0.4, -0.2) is 66.5 Å². The Balaban J connectivity index is 1.34. The summed E-state index contributed by atoms with van der Waals surface area (Å²) in [5.41, 5.74) is 0. The van der Waals surface area contributed by atoms with Crippen LogP contribution in [0.2, 0.25) is 0 Å². The quantitative estimate of drug-likeness (QED) is 0.676. The first-order valence-electron chi connectivity index (χ1n) is 8.12. The molecule has 9 heteroatoms. The molecular weight excluding hydrogens is 320 g/mol. The maximum atomic E-state index is 12.3. The highest BCUT2D eigenvalue weighted by atomic mass is 16.2. The highest BCUT2D eigenvalue weighted by Gasteiger charge is 2.22. The lowest BCUT2D eigenvalue weighted by atomic mass is 10.3. The van der Waals surface area contributed by atoms with Crippen LogP contribution in [0.25, 0.3) is 5.82 Å². The average molecular weight is 338 g/mol. The number of carbonyl (C=O) groups excluding carboxylic acids is 1. The molecule has 128 valence electrons. The molecule has 3 aromatic heterocycles. The minimum atomic E-state index is 0.142. The highest BCUT2D eigenvalue weighted by Crippen LogP contribution is 2.14. The first-order chi connectivity index (χ1) is 12.3. The fraction of sp³-hybridized carbons (Fsp3) is 0.312. The van der Waals surface area contributed by atoms with Gasteiger partial charge in [-0.25, -0.2) is 9.67 Å². The molecule has 1 fully saturated rings. The van der Waals surface area contributed by atoms with Gasteiger partial charge in [-0.15, -0.1) is 10.2 Å². The standard InChI is InChI=1S/C16H18N8O/c25-16(11-21-5-1-2-6-21)23-9-7-22(8-10-23)14-3-4-15(20-19-14)24-13-17-12-18-24/h1-6,12-13H,7-11H2. The lowest BCUT2D eigenvalue weighted by Crippen LogP contribution is -2.49. The normalized spacial score (nSPS) is 14.7. The lowest BCUT2D eigenvalue weighted by Gasteiger charge is -2.35. The van der Waals surface area contributed by atoms with Gasteiger partial charge in [0.2, 0.25) is 5.91 Å². The van der Waals surface area contributed by atoms with E-state index in [2.05, 4.69) is 25.2 Å². The molecule has 0 aliphatic carbocycles. The number of hydrogen-bond donors (Lipinski definition) is 0. The number of rotatable bonds is 4. The maximum absolute atomic E-state index is 12.3. The van der Waals surface area contributed by atoms with E-state index in [1.54, 1.807) is 11.0 Å². The van der Waals surface area contributed by atoms with Crippen molar-refractivity contribution in [2.24, 2.45) is 0 Å². The van der Waals surface area contributed by atoms with Crippen LogP contribution in [0.5, 0.6) is 0 Å². The number of anilines is 1. The van der Waals surface area contributed by atoms with E-state index in [0.717, 1.165) is 18.9 Å². The van der Waals surface area contributed by atoms with Crippen molar-refractivity contribution in [2.45, 2.75) is 6.54 Å². The summed E-state index contributed by atoms with van der Waals surface area (Å²) in [4.78, 5) is 20.3. The van der Waals surface area contributed by atoms with Gasteiger partial charge in [-0.1, -0.05) is 0 Å². The first kappa shape index (κ1) is 15.3. The van der Waals surface area contributed by atoms with E-state index in [9.17, 15) is 4.79 Å². The third-order valence-electron chi connectivity index (χ3n) is 4.23. The molecule has 1 aliphatic heterocycles. The number of amides is 1. The fourth-order valence-corrected chi connectivity index (χ4v) is 2.85. The van der Waals surface area contributed by atoms with E-state index >= 15 is 0 Å². The van der Waals surface area contributed by atoms with Crippen LogP contribution in [-0.2, 0) is 11.3 Å². The third kappa shape index (κ3) is 3.35. The Morgan fingerprint density at radius 1 is 1.00 bits per heavy atom. The second kappa shape index (κ2) is 6.71. The summed E-state index contributed by atoms with van der Waals surface area (Å²) in [6.07, 6.45) is 6.85. The average Bonchev–Trinajstić information content (AvgIpc) is 3.36. The molecule has 9 nitrogen and oxygen atoms in total. The van der Waals surface area contributed by atoms with E-state index in [0.29, 0.717) is 25.5 Å². The molecule has 0 N–H and O–H groups in total. The maximum Gasteiger partial charge on any atom is 0.242 e. The summed E-state index contributed by atoms with van der Waals surface area (Å²) in [5.74, 6) is 1.58. The van der Waals surface area contributed by atoms with E-state index < -0.39 is 0 Å². The van der Waals surface area contributed by atoms with Gasteiger partial charge in [-0.3, -0.25) is 4.79 Å². The van der Waals surface area contributed by atoms with E-state index in [1.807, 2.05) is 46.1 Å². The van der Waals surface area contributed by atoms with Gasteiger partial charge in [-0.2, -0.15) is 5.10 Å². The van der Waals surface area contributed by atoms with Crippen LogP contribution in [0.1, 0.15) is 0 Å². The predicted octanol–water partition coefficient (Wildman–Crippen LogP) is 0.208. The molecule has 0 bridgehead atoms. The number of carbonyl (C=O) groups is 1. The van der Waals surface area contributed by atoms with Gasteiger partial charge in [0.1, 0.15) is 19.2 Å². The Bertz CT molecular complexity index is 804. The molecule has 0 radical (unpaired) electrons. The van der Waals surface area contributed by atoms with Crippen LogP contribution in [0.3, 0.4) is 0 Å². The van der Waals surface area contributed by atoms with E-state index in [4.69, 9.17) is 0 Å². The summed E-state index contributed by atoms with van der Waals surface area (Å²) in [7, 11) is 0. The van der Waals surface area contributed by atoms with Crippen molar-refractivity contribution in [3.05, 3.63) is 49.3 Å². The van der Waals surface area contributed by atoms with Crippen LogP contribution in [0.15, 0.2) is 49.3 Å². The van der Waals surface area contributed by atoms with Crippen molar-refractivity contribution in [1.82, 2.24) is 34.4 Å². The molecule has 1 aliphatic rings. The zero-order valence-corrected chi connectivity index (χ0v) is 13.6. The van der Waals surface area contributed by atoms with Crippen molar-refractivity contribution in [1.29, 1.82) is 0 Å². The van der Waals surface area contributed by atoms with Crippen molar-refractivity contribution in [3.8, 4) is 5.82 Å². The molecule has 1 amide bonds. The monoisotopic (exact) mass is 338 g/mol. The van der Waals surface area contributed by atoms with Crippen LogP contribution in [0, 0.1) is 0 Å². The van der Waals surface area contributed by atoms with Gasteiger partial charge >= 0.3 is 0 Å². The number of hydrogen-bond acceptors (Lipinski definition) is 6. The largest absolute Gasteiger partial charge is 0.352 e. The van der Waals surface area contributed by atoms with Crippen LogP contribution < -0.4 is 4.90 Å². The smallest absolute Gasteiger partial charge is 0.242 e. The van der Waals surface area contributed by atoms with Crippen molar-refractivity contribution in [2.75, 3.05) is 31.1 Å². The summed E-state index contributed by atoms with van der Waals surface area (Å²) in [6.45, 7) is 3.25. The van der Waals surface area contributed by atoms with Crippen LogP contribution >= 0.6 is 0 Å². The molecular formula is C16H18N8O. The fourth-order valence-electron chi connectivity index (χ4n) is 2.85. The summed E-state index contributed by atoms with van der Waals surface area (Å²) < 4.78 is 3.46. The number of piperazine rings is 1. The molecule has 0 atom stereocenters. The minimum absolute atomic E-state index is 0.142. The molecule has 3 aromatic rings. The summed E-state index contributed by atoms with van der Waals surface area (Å²) in [5, 5.41) is 12.5. The summed E-state index contributed by atoms with van der Waals surface area (Å²) >= 11 is 0. The van der Waals surface area contributed by atoms with Gasteiger partial charge in [0.15, 0.2) is 11.6 Å².